The highest BCUT2D eigenvalue weighted by atomic mass is 16.5. The average molecular weight is 217 g/mol. The number of rotatable bonds is 2. The molecule has 3 heteroatoms. The molecule has 0 aromatic heterocycles. The number of hydrogen-bond donors (Lipinski definition) is 1. The van der Waals surface area contributed by atoms with E-state index in [0.717, 1.165) is 30.6 Å². The summed E-state index contributed by atoms with van der Waals surface area (Å²) in [4.78, 5) is 11.9. The second-order valence-electron chi connectivity index (χ2n) is 4.60. The van der Waals surface area contributed by atoms with E-state index in [1.165, 1.54) is 0 Å². The van der Waals surface area contributed by atoms with E-state index in [4.69, 9.17) is 4.74 Å². The van der Waals surface area contributed by atoms with Crippen molar-refractivity contribution in [1.29, 1.82) is 0 Å². The number of ether oxygens (including phenoxy) is 1. The van der Waals surface area contributed by atoms with E-state index >= 15 is 0 Å². The van der Waals surface area contributed by atoms with Gasteiger partial charge >= 0.3 is 0 Å². The van der Waals surface area contributed by atoms with Gasteiger partial charge in [0.1, 0.15) is 12.4 Å². The summed E-state index contributed by atoms with van der Waals surface area (Å²) in [5.74, 6) is 1.06. The van der Waals surface area contributed by atoms with Crippen molar-refractivity contribution in [2.45, 2.75) is 25.3 Å². The molecule has 2 aliphatic rings. The van der Waals surface area contributed by atoms with Crippen molar-refractivity contribution in [1.82, 2.24) is 5.32 Å². The van der Waals surface area contributed by atoms with Crippen LogP contribution in [-0.2, 0) is 11.2 Å². The first-order valence-electron chi connectivity index (χ1n) is 5.84. The van der Waals surface area contributed by atoms with Crippen LogP contribution < -0.4 is 10.1 Å². The molecule has 0 radical (unpaired) electrons. The van der Waals surface area contributed by atoms with Gasteiger partial charge in [0.25, 0.3) is 0 Å². The van der Waals surface area contributed by atoms with Crippen LogP contribution >= 0.6 is 0 Å². The number of benzene rings is 1. The van der Waals surface area contributed by atoms with Gasteiger partial charge < -0.3 is 10.1 Å². The van der Waals surface area contributed by atoms with Gasteiger partial charge in [0.05, 0.1) is 5.92 Å². The highest BCUT2D eigenvalue weighted by Gasteiger charge is 2.30. The molecule has 1 aliphatic carbocycles. The monoisotopic (exact) mass is 217 g/mol. The van der Waals surface area contributed by atoms with Gasteiger partial charge in [0.15, 0.2) is 0 Å². The first-order valence-corrected chi connectivity index (χ1v) is 5.84. The minimum atomic E-state index is -0.0181. The zero-order valence-corrected chi connectivity index (χ0v) is 9.11. The molecule has 3 rings (SSSR count). The Morgan fingerprint density at radius 2 is 2.12 bits per heavy atom. The van der Waals surface area contributed by atoms with Crippen LogP contribution in [0.5, 0.6) is 5.75 Å². The second-order valence-corrected chi connectivity index (χ2v) is 4.60. The maximum Gasteiger partial charge on any atom is 0.227 e. The quantitative estimate of drug-likeness (QED) is 0.815. The van der Waals surface area contributed by atoms with Gasteiger partial charge in [-0.15, -0.1) is 0 Å². The van der Waals surface area contributed by atoms with Crippen molar-refractivity contribution >= 4 is 5.91 Å². The predicted molar refractivity (Wildman–Crippen MR) is 60.3 cm³/mol. The molecule has 1 heterocycles. The molecule has 1 amide bonds. The van der Waals surface area contributed by atoms with Gasteiger partial charge in [0.2, 0.25) is 5.91 Å². The normalized spacial score (nSPS) is 23.1. The van der Waals surface area contributed by atoms with E-state index < -0.39 is 0 Å². The summed E-state index contributed by atoms with van der Waals surface area (Å²) >= 11 is 0. The number of para-hydroxylation sites is 1. The highest BCUT2D eigenvalue weighted by Crippen LogP contribution is 2.27. The predicted octanol–water partition coefficient (Wildman–Crippen LogP) is 1.52. The first-order chi connectivity index (χ1) is 7.83. The number of carbonyl (C=O) groups excluding carboxylic acids is 1. The minimum absolute atomic E-state index is 0.0181. The largest absolute Gasteiger partial charge is 0.492 e. The SMILES string of the molecule is O=C(NC1CC1)C1COc2ccccc2C1. The zero-order valence-electron chi connectivity index (χ0n) is 9.11. The summed E-state index contributed by atoms with van der Waals surface area (Å²) in [6, 6.07) is 8.38. The number of amides is 1. The van der Waals surface area contributed by atoms with Crippen molar-refractivity contribution in [3.63, 3.8) is 0 Å². The van der Waals surface area contributed by atoms with Gasteiger partial charge in [-0.3, -0.25) is 4.79 Å². The standard InChI is InChI=1S/C13H15NO2/c15-13(14-11-5-6-11)10-7-9-3-1-2-4-12(9)16-8-10/h1-4,10-11H,5-8H2,(H,14,15). The fourth-order valence-corrected chi connectivity index (χ4v) is 2.04. The summed E-state index contributed by atoms with van der Waals surface area (Å²) in [5.41, 5.74) is 1.14. The molecule has 0 spiro atoms. The van der Waals surface area contributed by atoms with Gasteiger partial charge in [-0.2, -0.15) is 0 Å². The van der Waals surface area contributed by atoms with Crippen molar-refractivity contribution in [2.24, 2.45) is 5.92 Å². The molecule has 0 saturated heterocycles. The minimum Gasteiger partial charge on any atom is -0.492 e. The fraction of sp³-hybridized carbons (Fsp3) is 0.462. The highest BCUT2D eigenvalue weighted by molar-refractivity contribution is 5.80. The molecular formula is C13H15NO2. The first kappa shape index (κ1) is 9.70. The lowest BCUT2D eigenvalue weighted by Gasteiger charge is -2.24. The Balaban J connectivity index is 1.69. The molecule has 1 saturated carbocycles. The molecule has 3 nitrogen and oxygen atoms in total. The molecule has 16 heavy (non-hydrogen) atoms. The van der Waals surface area contributed by atoms with Gasteiger partial charge in [-0.25, -0.2) is 0 Å². The van der Waals surface area contributed by atoms with E-state index in [-0.39, 0.29) is 11.8 Å². The van der Waals surface area contributed by atoms with Crippen molar-refractivity contribution in [2.75, 3.05) is 6.61 Å². The molecule has 0 bridgehead atoms. The third-order valence-corrected chi connectivity index (χ3v) is 3.17. The average Bonchev–Trinajstić information content (AvgIpc) is 3.12. The Morgan fingerprint density at radius 1 is 1.31 bits per heavy atom. The van der Waals surface area contributed by atoms with Crippen LogP contribution in [-0.4, -0.2) is 18.6 Å². The molecule has 1 atom stereocenters. The Hall–Kier alpha value is -1.51. The molecule has 84 valence electrons. The molecule has 1 aromatic rings. The summed E-state index contributed by atoms with van der Waals surface area (Å²) in [6.45, 7) is 0.509. The van der Waals surface area contributed by atoms with Crippen molar-refractivity contribution in [3.05, 3.63) is 29.8 Å². The van der Waals surface area contributed by atoms with Crippen molar-refractivity contribution < 1.29 is 9.53 Å². The molecular weight excluding hydrogens is 202 g/mol. The summed E-state index contributed by atoms with van der Waals surface area (Å²) in [5, 5.41) is 3.04. The number of hydrogen-bond acceptors (Lipinski definition) is 2. The van der Waals surface area contributed by atoms with E-state index in [0.29, 0.717) is 12.6 Å². The molecule has 1 N–H and O–H groups in total. The number of fused-ring (bicyclic) bond motifs is 1. The smallest absolute Gasteiger partial charge is 0.227 e. The number of nitrogens with one attached hydrogen (secondary N) is 1. The summed E-state index contributed by atoms with van der Waals surface area (Å²) < 4.78 is 5.60. The van der Waals surface area contributed by atoms with E-state index in [1.54, 1.807) is 0 Å². The lowest BCUT2D eigenvalue weighted by atomic mass is 9.96. The molecule has 1 aromatic carbocycles. The Kier molecular flexibility index (Phi) is 2.31. The van der Waals surface area contributed by atoms with Gasteiger partial charge in [-0.05, 0) is 30.9 Å². The third-order valence-electron chi connectivity index (χ3n) is 3.17. The third kappa shape index (κ3) is 1.90. The van der Waals surface area contributed by atoms with Crippen molar-refractivity contribution in [3.8, 4) is 5.75 Å². The summed E-state index contributed by atoms with van der Waals surface area (Å²) in [6.07, 6.45) is 3.07. The second kappa shape index (κ2) is 3.81. The lowest BCUT2D eigenvalue weighted by molar-refractivity contribution is -0.126. The molecule has 1 fully saturated rings. The molecule has 1 unspecified atom stereocenters. The Morgan fingerprint density at radius 3 is 2.94 bits per heavy atom. The Labute approximate surface area is 94.8 Å². The van der Waals surface area contributed by atoms with E-state index in [2.05, 4.69) is 5.32 Å². The zero-order chi connectivity index (χ0) is 11.0. The lowest BCUT2D eigenvalue weighted by Crippen LogP contribution is -2.38. The summed E-state index contributed by atoms with van der Waals surface area (Å²) in [7, 11) is 0. The van der Waals surface area contributed by atoms with Crippen LogP contribution in [0.15, 0.2) is 24.3 Å². The molecule has 1 aliphatic heterocycles. The van der Waals surface area contributed by atoms with E-state index in [1.807, 2.05) is 24.3 Å². The van der Waals surface area contributed by atoms with Gasteiger partial charge in [-0.1, -0.05) is 18.2 Å². The van der Waals surface area contributed by atoms with E-state index in [9.17, 15) is 4.79 Å². The van der Waals surface area contributed by atoms with Crippen LogP contribution in [0, 0.1) is 5.92 Å². The number of carbonyl (C=O) groups is 1. The Bertz CT molecular complexity index is 412. The van der Waals surface area contributed by atoms with Crippen LogP contribution in [0.4, 0.5) is 0 Å². The van der Waals surface area contributed by atoms with Crippen LogP contribution in [0.1, 0.15) is 18.4 Å². The maximum atomic E-state index is 11.9. The van der Waals surface area contributed by atoms with Gasteiger partial charge in [0, 0.05) is 6.04 Å². The topological polar surface area (TPSA) is 38.3 Å². The maximum absolute atomic E-state index is 11.9. The van der Waals surface area contributed by atoms with Crippen LogP contribution in [0.3, 0.4) is 0 Å². The van der Waals surface area contributed by atoms with Crippen LogP contribution in [0.2, 0.25) is 0 Å². The van der Waals surface area contributed by atoms with Crippen LogP contribution in [0.25, 0.3) is 0 Å². The fourth-order valence-electron chi connectivity index (χ4n) is 2.04.